The molecular formula is C27H23N3O3S. The summed E-state index contributed by atoms with van der Waals surface area (Å²) in [5.74, 6) is 0.739. The lowest BCUT2D eigenvalue weighted by atomic mass is 10.0. The Kier molecular flexibility index (Phi) is 6.35. The SMILES string of the molecule is COc1ccc(-c2nn(-c3ccccc3)cc2C=C(C#N)S(=O)(=O)c2ccc(C)cc2)cc1C. The van der Waals surface area contributed by atoms with E-state index in [1.807, 2.05) is 68.4 Å². The monoisotopic (exact) mass is 469 g/mol. The Morgan fingerprint density at radius 3 is 2.35 bits per heavy atom. The predicted molar refractivity (Wildman–Crippen MR) is 132 cm³/mol. The smallest absolute Gasteiger partial charge is 0.216 e. The van der Waals surface area contributed by atoms with Gasteiger partial charge in [0, 0.05) is 17.3 Å². The molecule has 0 spiro atoms. The number of ether oxygens (including phenoxy) is 1. The van der Waals surface area contributed by atoms with Gasteiger partial charge in [0.25, 0.3) is 0 Å². The number of methoxy groups -OCH3 is 1. The van der Waals surface area contributed by atoms with Crippen LogP contribution in [0.3, 0.4) is 0 Å². The first-order chi connectivity index (χ1) is 16.3. The molecule has 0 aliphatic carbocycles. The fourth-order valence-corrected chi connectivity index (χ4v) is 4.76. The van der Waals surface area contributed by atoms with Crippen LogP contribution in [-0.4, -0.2) is 25.3 Å². The van der Waals surface area contributed by atoms with E-state index < -0.39 is 9.84 Å². The molecule has 0 unspecified atom stereocenters. The molecule has 0 aliphatic rings. The first-order valence-electron chi connectivity index (χ1n) is 10.6. The first kappa shape index (κ1) is 23.0. The molecular weight excluding hydrogens is 446 g/mol. The summed E-state index contributed by atoms with van der Waals surface area (Å²) in [6.45, 7) is 3.80. The average molecular weight is 470 g/mol. The van der Waals surface area contributed by atoms with Gasteiger partial charge in [0.15, 0.2) is 0 Å². The number of benzene rings is 3. The maximum Gasteiger partial charge on any atom is 0.216 e. The van der Waals surface area contributed by atoms with Gasteiger partial charge in [-0.3, -0.25) is 0 Å². The van der Waals surface area contributed by atoms with Crippen molar-refractivity contribution in [2.75, 3.05) is 7.11 Å². The Balaban J connectivity index is 1.89. The molecule has 0 N–H and O–H groups in total. The molecule has 0 saturated heterocycles. The Labute approximate surface area is 199 Å². The van der Waals surface area contributed by atoms with Crippen molar-refractivity contribution in [1.29, 1.82) is 5.26 Å². The third-order valence-electron chi connectivity index (χ3n) is 5.45. The van der Waals surface area contributed by atoms with Crippen LogP contribution >= 0.6 is 0 Å². The van der Waals surface area contributed by atoms with Gasteiger partial charge in [-0.1, -0.05) is 35.9 Å². The van der Waals surface area contributed by atoms with Crippen LogP contribution in [0.2, 0.25) is 0 Å². The zero-order valence-corrected chi connectivity index (χ0v) is 19.9. The number of nitrogens with zero attached hydrogens (tertiary/aromatic N) is 3. The molecule has 1 heterocycles. The minimum Gasteiger partial charge on any atom is -0.496 e. The van der Waals surface area contributed by atoms with Crippen molar-refractivity contribution < 1.29 is 13.2 Å². The third-order valence-corrected chi connectivity index (χ3v) is 7.13. The van der Waals surface area contributed by atoms with Crippen LogP contribution in [-0.2, 0) is 9.84 Å². The van der Waals surface area contributed by atoms with Gasteiger partial charge in [-0.25, -0.2) is 13.1 Å². The third kappa shape index (κ3) is 4.49. The van der Waals surface area contributed by atoms with Gasteiger partial charge < -0.3 is 4.74 Å². The van der Waals surface area contributed by atoms with E-state index >= 15 is 0 Å². The number of nitriles is 1. The summed E-state index contributed by atoms with van der Waals surface area (Å²) in [5, 5.41) is 14.5. The number of aromatic nitrogens is 2. The van der Waals surface area contributed by atoms with E-state index in [0.29, 0.717) is 11.3 Å². The fraction of sp³-hybridized carbons (Fsp3) is 0.111. The lowest BCUT2D eigenvalue weighted by molar-refractivity contribution is 0.412. The van der Waals surface area contributed by atoms with Crippen LogP contribution in [0.25, 0.3) is 23.0 Å². The molecule has 4 rings (SSSR count). The molecule has 0 aliphatic heterocycles. The molecule has 1 aromatic heterocycles. The molecule has 3 aromatic carbocycles. The van der Waals surface area contributed by atoms with E-state index in [9.17, 15) is 13.7 Å². The topological polar surface area (TPSA) is 85.0 Å². The molecule has 7 heteroatoms. The molecule has 170 valence electrons. The van der Waals surface area contributed by atoms with Crippen LogP contribution in [0.5, 0.6) is 5.75 Å². The molecule has 34 heavy (non-hydrogen) atoms. The molecule has 0 fully saturated rings. The molecule has 4 aromatic rings. The highest BCUT2D eigenvalue weighted by Crippen LogP contribution is 2.31. The summed E-state index contributed by atoms with van der Waals surface area (Å²) >= 11 is 0. The molecule has 6 nitrogen and oxygen atoms in total. The van der Waals surface area contributed by atoms with E-state index in [1.165, 1.54) is 18.2 Å². The Morgan fingerprint density at radius 1 is 1.03 bits per heavy atom. The zero-order valence-electron chi connectivity index (χ0n) is 19.1. The number of hydrogen-bond donors (Lipinski definition) is 0. The highest BCUT2D eigenvalue weighted by Gasteiger charge is 2.22. The predicted octanol–water partition coefficient (Wildman–Crippen LogP) is 5.50. The summed E-state index contributed by atoms with van der Waals surface area (Å²) in [6, 6.07) is 23.4. The van der Waals surface area contributed by atoms with Crippen LogP contribution in [0.4, 0.5) is 0 Å². The summed E-state index contributed by atoms with van der Waals surface area (Å²) < 4.78 is 33.5. The zero-order chi connectivity index (χ0) is 24.3. The van der Waals surface area contributed by atoms with E-state index in [-0.39, 0.29) is 9.80 Å². The van der Waals surface area contributed by atoms with Gasteiger partial charge in [-0.2, -0.15) is 10.4 Å². The van der Waals surface area contributed by atoms with Crippen LogP contribution < -0.4 is 4.74 Å². The van der Waals surface area contributed by atoms with Crippen LogP contribution in [0, 0.1) is 25.2 Å². The van der Waals surface area contributed by atoms with Crippen LogP contribution in [0.15, 0.2) is 88.8 Å². The number of para-hydroxylation sites is 1. The minimum atomic E-state index is -4.00. The van der Waals surface area contributed by atoms with Gasteiger partial charge >= 0.3 is 0 Å². The summed E-state index contributed by atoms with van der Waals surface area (Å²) in [5.41, 5.74) is 4.51. The molecule has 0 saturated carbocycles. The van der Waals surface area contributed by atoms with E-state index in [1.54, 1.807) is 30.1 Å². The van der Waals surface area contributed by atoms with Crippen molar-refractivity contribution in [3.8, 4) is 28.8 Å². The lowest BCUT2D eigenvalue weighted by Gasteiger charge is -2.07. The Bertz CT molecular complexity index is 1510. The summed E-state index contributed by atoms with van der Waals surface area (Å²) in [6.07, 6.45) is 3.11. The molecule has 0 atom stereocenters. The Morgan fingerprint density at radius 2 is 1.74 bits per heavy atom. The summed E-state index contributed by atoms with van der Waals surface area (Å²) in [4.78, 5) is -0.279. The lowest BCUT2D eigenvalue weighted by Crippen LogP contribution is -2.03. The van der Waals surface area contributed by atoms with Crippen molar-refractivity contribution in [1.82, 2.24) is 9.78 Å². The number of hydrogen-bond acceptors (Lipinski definition) is 5. The van der Waals surface area contributed by atoms with Gasteiger partial charge in [0.2, 0.25) is 9.84 Å². The van der Waals surface area contributed by atoms with Gasteiger partial charge in [0.05, 0.1) is 17.7 Å². The van der Waals surface area contributed by atoms with Crippen molar-refractivity contribution >= 4 is 15.9 Å². The Hall–Kier alpha value is -4.15. The standard InChI is InChI=1S/C27H23N3O3S/c1-19-9-12-24(13-10-19)34(31,32)25(17-28)16-22-18-30(23-7-5-4-6-8-23)29-27(22)21-11-14-26(33-3)20(2)15-21/h4-16,18H,1-3H3. The summed E-state index contributed by atoms with van der Waals surface area (Å²) in [7, 11) is -2.39. The van der Waals surface area contributed by atoms with E-state index in [2.05, 4.69) is 0 Å². The fourth-order valence-electron chi connectivity index (χ4n) is 3.61. The maximum absolute atomic E-state index is 13.2. The minimum absolute atomic E-state index is 0.0724. The quantitative estimate of drug-likeness (QED) is 0.348. The first-order valence-corrected chi connectivity index (χ1v) is 12.1. The van der Waals surface area contributed by atoms with Crippen LogP contribution in [0.1, 0.15) is 16.7 Å². The highest BCUT2D eigenvalue weighted by atomic mass is 32.2. The van der Waals surface area contributed by atoms with Crippen molar-refractivity contribution in [3.05, 3.63) is 101 Å². The highest BCUT2D eigenvalue weighted by molar-refractivity contribution is 7.95. The van der Waals surface area contributed by atoms with Crippen molar-refractivity contribution in [3.63, 3.8) is 0 Å². The van der Waals surface area contributed by atoms with Gasteiger partial charge in [-0.05, 0) is 68.0 Å². The van der Waals surface area contributed by atoms with Crippen molar-refractivity contribution in [2.45, 2.75) is 18.7 Å². The van der Waals surface area contributed by atoms with Gasteiger partial charge in [0.1, 0.15) is 22.4 Å². The number of rotatable bonds is 6. The van der Waals surface area contributed by atoms with E-state index in [4.69, 9.17) is 9.84 Å². The second kappa shape index (κ2) is 9.38. The normalized spacial score (nSPS) is 11.8. The molecule has 0 amide bonds. The maximum atomic E-state index is 13.2. The molecule has 0 bridgehead atoms. The number of allylic oxidation sites excluding steroid dienone is 1. The van der Waals surface area contributed by atoms with Gasteiger partial charge in [-0.15, -0.1) is 0 Å². The molecule has 0 radical (unpaired) electrons. The number of aryl methyl sites for hydroxylation is 2. The number of sulfone groups is 1. The van der Waals surface area contributed by atoms with Crippen molar-refractivity contribution in [2.24, 2.45) is 0 Å². The second-order valence-corrected chi connectivity index (χ2v) is 9.75. The second-order valence-electron chi connectivity index (χ2n) is 7.83. The average Bonchev–Trinajstić information content (AvgIpc) is 3.27. The largest absolute Gasteiger partial charge is 0.496 e. The van der Waals surface area contributed by atoms with E-state index in [0.717, 1.165) is 28.1 Å².